The normalized spacial score (nSPS) is 14.8. The SMILES string of the molecule is Cc1nc2ccccc2nc1SCC(=O)Nc1ccnn1C1CCCC1. The molecular formula is C19H21N5OS. The lowest BCUT2D eigenvalue weighted by atomic mass is 10.2. The molecule has 1 aliphatic rings. The number of hydrogen-bond donors (Lipinski definition) is 1. The Morgan fingerprint density at radius 3 is 2.69 bits per heavy atom. The molecule has 0 aliphatic heterocycles. The highest BCUT2D eigenvalue weighted by molar-refractivity contribution is 8.00. The Morgan fingerprint density at radius 2 is 1.92 bits per heavy atom. The van der Waals surface area contributed by atoms with Gasteiger partial charge in [-0.15, -0.1) is 0 Å². The first kappa shape index (κ1) is 17.0. The molecule has 26 heavy (non-hydrogen) atoms. The Labute approximate surface area is 156 Å². The van der Waals surface area contributed by atoms with Gasteiger partial charge in [0.05, 0.1) is 34.7 Å². The molecule has 0 atom stereocenters. The number of rotatable bonds is 5. The average Bonchev–Trinajstić information content (AvgIpc) is 3.31. The quantitative estimate of drug-likeness (QED) is 0.691. The summed E-state index contributed by atoms with van der Waals surface area (Å²) in [6.45, 7) is 1.93. The number of nitrogens with one attached hydrogen (secondary N) is 1. The molecule has 1 amide bonds. The van der Waals surface area contributed by atoms with E-state index in [1.54, 1.807) is 6.20 Å². The Balaban J connectivity index is 1.42. The molecule has 0 bridgehead atoms. The maximum absolute atomic E-state index is 12.4. The third-order valence-corrected chi connectivity index (χ3v) is 5.72. The van der Waals surface area contributed by atoms with Gasteiger partial charge in [-0.1, -0.05) is 36.7 Å². The van der Waals surface area contributed by atoms with Gasteiger partial charge in [0.2, 0.25) is 5.91 Å². The highest BCUT2D eigenvalue weighted by Gasteiger charge is 2.20. The van der Waals surface area contributed by atoms with Crippen LogP contribution in [0.2, 0.25) is 0 Å². The number of anilines is 1. The number of para-hydroxylation sites is 2. The Bertz CT molecular complexity index is 933. The van der Waals surface area contributed by atoms with Crippen LogP contribution in [0.4, 0.5) is 5.82 Å². The fourth-order valence-corrected chi connectivity index (χ4v) is 4.13. The van der Waals surface area contributed by atoms with Crippen molar-refractivity contribution < 1.29 is 4.79 Å². The highest BCUT2D eigenvalue weighted by atomic mass is 32.2. The molecule has 1 aliphatic carbocycles. The minimum absolute atomic E-state index is 0.0518. The summed E-state index contributed by atoms with van der Waals surface area (Å²) in [6, 6.07) is 10.0. The monoisotopic (exact) mass is 367 g/mol. The van der Waals surface area contributed by atoms with E-state index in [0.29, 0.717) is 11.8 Å². The van der Waals surface area contributed by atoms with Crippen molar-refractivity contribution in [3.05, 3.63) is 42.2 Å². The average molecular weight is 367 g/mol. The van der Waals surface area contributed by atoms with Crippen molar-refractivity contribution in [3.8, 4) is 0 Å². The lowest BCUT2D eigenvalue weighted by molar-refractivity contribution is -0.113. The molecule has 3 aromatic rings. The van der Waals surface area contributed by atoms with E-state index in [1.165, 1.54) is 24.6 Å². The molecule has 1 saturated carbocycles. The van der Waals surface area contributed by atoms with Crippen LogP contribution >= 0.6 is 11.8 Å². The van der Waals surface area contributed by atoms with E-state index in [0.717, 1.165) is 40.4 Å². The molecule has 7 heteroatoms. The summed E-state index contributed by atoms with van der Waals surface area (Å²) in [5, 5.41) is 8.17. The topological polar surface area (TPSA) is 72.7 Å². The number of thioether (sulfide) groups is 1. The van der Waals surface area contributed by atoms with Crippen LogP contribution < -0.4 is 5.32 Å². The number of aromatic nitrogens is 4. The molecule has 1 aromatic carbocycles. The van der Waals surface area contributed by atoms with Crippen LogP contribution in [0.1, 0.15) is 37.4 Å². The van der Waals surface area contributed by atoms with Crippen LogP contribution in [0.15, 0.2) is 41.6 Å². The minimum Gasteiger partial charge on any atom is -0.310 e. The van der Waals surface area contributed by atoms with Gasteiger partial charge in [0.15, 0.2) is 0 Å². The molecule has 0 unspecified atom stereocenters. The second-order valence-corrected chi connectivity index (χ2v) is 7.50. The Morgan fingerprint density at radius 1 is 1.19 bits per heavy atom. The summed E-state index contributed by atoms with van der Waals surface area (Å²) in [5.74, 6) is 1.02. The Kier molecular flexibility index (Phi) is 4.88. The van der Waals surface area contributed by atoms with E-state index in [-0.39, 0.29) is 5.91 Å². The summed E-state index contributed by atoms with van der Waals surface area (Å²) < 4.78 is 1.96. The summed E-state index contributed by atoms with van der Waals surface area (Å²) in [6.07, 6.45) is 6.47. The van der Waals surface area contributed by atoms with E-state index >= 15 is 0 Å². The molecule has 1 N–H and O–H groups in total. The fraction of sp³-hybridized carbons (Fsp3) is 0.368. The van der Waals surface area contributed by atoms with E-state index in [2.05, 4.69) is 20.4 Å². The van der Waals surface area contributed by atoms with E-state index in [9.17, 15) is 4.79 Å². The number of carbonyl (C=O) groups is 1. The number of amides is 1. The molecule has 2 aromatic heterocycles. The van der Waals surface area contributed by atoms with Gasteiger partial charge >= 0.3 is 0 Å². The third kappa shape index (κ3) is 3.58. The van der Waals surface area contributed by atoms with Crippen LogP contribution in [0.5, 0.6) is 0 Å². The molecular weight excluding hydrogens is 346 g/mol. The molecule has 1 fully saturated rings. The van der Waals surface area contributed by atoms with Gasteiger partial charge in [-0.05, 0) is 31.9 Å². The van der Waals surface area contributed by atoms with Crippen LogP contribution in [0.25, 0.3) is 11.0 Å². The van der Waals surface area contributed by atoms with Gasteiger partial charge < -0.3 is 5.32 Å². The van der Waals surface area contributed by atoms with Gasteiger partial charge in [-0.3, -0.25) is 4.79 Å². The molecule has 134 valence electrons. The second-order valence-electron chi connectivity index (χ2n) is 6.54. The number of hydrogen-bond acceptors (Lipinski definition) is 5. The smallest absolute Gasteiger partial charge is 0.235 e. The zero-order valence-electron chi connectivity index (χ0n) is 14.7. The number of aryl methyl sites for hydroxylation is 1. The van der Waals surface area contributed by atoms with Gasteiger partial charge in [0.25, 0.3) is 0 Å². The third-order valence-electron chi connectivity index (χ3n) is 4.65. The fourth-order valence-electron chi connectivity index (χ4n) is 3.37. The minimum atomic E-state index is -0.0518. The van der Waals surface area contributed by atoms with Crippen molar-refractivity contribution in [2.24, 2.45) is 0 Å². The summed E-state index contributed by atoms with van der Waals surface area (Å²) >= 11 is 1.41. The maximum atomic E-state index is 12.4. The number of carbonyl (C=O) groups excluding carboxylic acids is 1. The van der Waals surface area contributed by atoms with Crippen molar-refractivity contribution in [1.29, 1.82) is 0 Å². The lowest BCUT2D eigenvalue weighted by Gasteiger charge is -2.14. The number of fused-ring (bicyclic) bond motifs is 1. The summed E-state index contributed by atoms with van der Waals surface area (Å²) in [4.78, 5) is 21.6. The van der Waals surface area contributed by atoms with Crippen LogP contribution in [-0.4, -0.2) is 31.4 Å². The van der Waals surface area contributed by atoms with Gasteiger partial charge in [0.1, 0.15) is 10.8 Å². The number of benzene rings is 1. The predicted octanol–water partition coefficient (Wildman–Crippen LogP) is 3.98. The van der Waals surface area contributed by atoms with Crippen LogP contribution in [-0.2, 0) is 4.79 Å². The Hall–Kier alpha value is -2.41. The van der Waals surface area contributed by atoms with Crippen LogP contribution in [0.3, 0.4) is 0 Å². The summed E-state index contributed by atoms with van der Waals surface area (Å²) in [7, 11) is 0. The molecule has 0 radical (unpaired) electrons. The molecule has 2 heterocycles. The second kappa shape index (κ2) is 7.45. The van der Waals surface area contributed by atoms with Crippen LogP contribution in [0, 0.1) is 6.92 Å². The lowest BCUT2D eigenvalue weighted by Crippen LogP contribution is -2.19. The van der Waals surface area contributed by atoms with Crippen molar-refractivity contribution in [3.63, 3.8) is 0 Å². The number of nitrogens with zero attached hydrogens (tertiary/aromatic N) is 4. The molecule has 0 spiro atoms. The van der Waals surface area contributed by atoms with Crippen molar-refractivity contribution in [2.45, 2.75) is 43.7 Å². The molecule has 6 nitrogen and oxygen atoms in total. The van der Waals surface area contributed by atoms with E-state index in [1.807, 2.05) is 41.9 Å². The standard InChI is InChI=1S/C19H21N5OS/c1-13-19(22-16-9-5-4-8-15(16)21-13)26-12-18(25)23-17-10-11-20-24(17)14-6-2-3-7-14/h4-5,8-11,14H,2-3,6-7,12H2,1H3,(H,23,25). The largest absolute Gasteiger partial charge is 0.310 e. The van der Waals surface area contributed by atoms with Crippen molar-refractivity contribution >= 4 is 34.5 Å². The first-order chi connectivity index (χ1) is 12.7. The zero-order chi connectivity index (χ0) is 17.9. The first-order valence-corrected chi connectivity index (χ1v) is 9.89. The van der Waals surface area contributed by atoms with Gasteiger partial charge in [-0.25, -0.2) is 14.6 Å². The molecule has 0 saturated heterocycles. The predicted molar refractivity (Wildman–Crippen MR) is 103 cm³/mol. The van der Waals surface area contributed by atoms with E-state index < -0.39 is 0 Å². The highest BCUT2D eigenvalue weighted by Crippen LogP contribution is 2.31. The van der Waals surface area contributed by atoms with Crippen molar-refractivity contribution in [2.75, 3.05) is 11.1 Å². The first-order valence-electron chi connectivity index (χ1n) is 8.90. The maximum Gasteiger partial charge on any atom is 0.235 e. The summed E-state index contributed by atoms with van der Waals surface area (Å²) in [5.41, 5.74) is 2.57. The molecule has 4 rings (SSSR count). The van der Waals surface area contributed by atoms with Gasteiger partial charge in [-0.2, -0.15) is 5.10 Å². The van der Waals surface area contributed by atoms with Crippen molar-refractivity contribution in [1.82, 2.24) is 19.7 Å². The van der Waals surface area contributed by atoms with E-state index in [4.69, 9.17) is 0 Å². The van der Waals surface area contributed by atoms with Gasteiger partial charge in [0, 0.05) is 6.07 Å². The zero-order valence-corrected chi connectivity index (χ0v) is 15.5.